The van der Waals surface area contributed by atoms with E-state index < -0.39 is 0 Å². The molecule has 2 aromatic rings. The molecule has 0 bridgehead atoms. The van der Waals surface area contributed by atoms with Crippen LogP contribution >= 0.6 is 24.0 Å². The van der Waals surface area contributed by atoms with Gasteiger partial charge in [-0.25, -0.2) is 4.98 Å². The first-order valence-corrected chi connectivity index (χ1v) is 7.77. The Balaban J connectivity index is 0.00000264. The van der Waals surface area contributed by atoms with Gasteiger partial charge in [-0.05, 0) is 25.5 Å². The van der Waals surface area contributed by atoms with Crippen molar-refractivity contribution >= 4 is 41.0 Å². The summed E-state index contributed by atoms with van der Waals surface area (Å²) in [5.74, 6) is 0.815. The molecule has 0 saturated heterocycles. The second-order valence-electron chi connectivity index (χ2n) is 4.90. The minimum absolute atomic E-state index is 0. The number of rotatable bonds is 8. The number of halogens is 1. The predicted octanol–water partition coefficient (Wildman–Crippen LogP) is 2.25. The van der Waals surface area contributed by atoms with Crippen molar-refractivity contribution in [3.05, 3.63) is 30.6 Å². The monoisotopic (exact) mass is 431 g/mol. The van der Waals surface area contributed by atoms with Gasteiger partial charge in [0.1, 0.15) is 0 Å². The highest BCUT2D eigenvalue weighted by atomic mass is 127. The van der Waals surface area contributed by atoms with Crippen LogP contribution in [-0.4, -0.2) is 48.9 Å². The van der Waals surface area contributed by atoms with Crippen LogP contribution in [0.25, 0.3) is 11.0 Å². The zero-order chi connectivity index (χ0) is 15.6. The Bertz CT molecular complexity index is 599. The fraction of sp³-hybridized carbons (Fsp3) is 0.500. The van der Waals surface area contributed by atoms with Crippen molar-refractivity contribution in [1.82, 2.24) is 20.2 Å². The van der Waals surface area contributed by atoms with Crippen LogP contribution < -0.4 is 10.6 Å². The third-order valence-electron chi connectivity index (χ3n) is 3.36. The maximum absolute atomic E-state index is 5.29. The summed E-state index contributed by atoms with van der Waals surface area (Å²) < 4.78 is 7.47. The predicted molar refractivity (Wildman–Crippen MR) is 106 cm³/mol. The molecule has 0 atom stereocenters. The van der Waals surface area contributed by atoms with E-state index >= 15 is 0 Å². The highest BCUT2D eigenvalue weighted by Crippen LogP contribution is 2.11. The lowest BCUT2D eigenvalue weighted by molar-refractivity contribution is 0.152. The average Bonchev–Trinajstić information content (AvgIpc) is 2.97. The number of aryl methyl sites for hydroxylation is 1. The molecule has 0 aliphatic carbocycles. The van der Waals surface area contributed by atoms with Gasteiger partial charge in [0.05, 0.1) is 24.0 Å². The summed E-state index contributed by atoms with van der Waals surface area (Å²) in [5.41, 5.74) is 2.23. The minimum atomic E-state index is 0. The van der Waals surface area contributed by atoms with Crippen LogP contribution in [0.3, 0.4) is 0 Å². The molecule has 0 aliphatic heterocycles. The van der Waals surface area contributed by atoms with Gasteiger partial charge in [-0.1, -0.05) is 12.1 Å². The van der Waals surface area contributed by atoms with Gasteiger partial charge in [-0.2, -0.15) is 0 Å². The molecule has 1 aromatic carbocycles. The standard InChI is InChI=1S/C16H25N5O.HI/c1-3-22-12-10-19-16(17-2)18-9-6-11-21-13-20-14-7-4-5-8-15(14)21;/h4-5,7-8,13H,3,6,9-12H2,1-2H3,(H2,17,18,19);1H. The third kappa shape index (κ3) is 6.34. The number of benzene rings is 1. The van der Waals surface area contributed by atoms with Crippen LogP contribution in [0, 0.1) is 0 Å². The molecule has 0 aliphatic rings. The van der Waals surface area contributed by atoms with Gasteiger partial charge in [-0.3, -0.25) is 4.99 Å². The molecule has 1 aromatic heterocycles. The maximum Gasteiger partial charge on any atom is 0.191 e. The second-order valence-corrected chi connectivity index (χ2v) is 4.90. The van der Waals surface area contributed by atoms with E-state index in [9.17, 15) is 0 Å². The number of nitrogens with zero attached hydrogens (tertiary/aromatic N) is 3. The molecule has 7 heteroatoms. The zero-order valence-corrected chi connectivity index (χ0v) is 16.1. The van der Waals surface area contributed by atoms with Gasteiger partial charge in [-0.15, -0.1) is 24.0 Å². The van der Waals surface area contributed by atoms with E-state index in [-0.39, 0.29) is 24.0 Å². The molecule has 2 rings (SSSR count). The summed E-state index contributed by atoms with van der Waals surface area (Å²) in [5, 5.41) is 6.53. The van der Waals surface area contributed by atoms with Crippen molar-refractivity contribution in [1.29, 1.82) is 0 Å². The number of fused-ring (bicyclic) bond motifs is 1. The van der Waals surface area contributed by atoms with Crippen LogP contribution in [0.5, 0.6) is 0 Å². The summed E-state index contributed by atoms with van der Waals surface area (Å²) >= 11 is 0. The van der Waals surface area contributed by atoms with E-state index in [1.807, 2.05) is 31.5 Å². The molecule has 0 amide bonds. The zero-order valence-electron chi connectivity index (χ0n) is 13.8. The number of imidazole rings is 1. The van der Waals surface area contributed by atoms with Gasteiger partial charge in [0.25, 0.3) is 0 Å². The molecule has 23 heavy (non-hydrogen) atoms. The summed E-state index contributed by atoms with van der Waals surface area (Å²) in [7, 11) is 1.78. The first-order valence-electron chi connectivity index (χ1n) is 7.77. The van der Waals surface area contributed by atoms with Crippen LogP contribution in [-0.2, 0) is 11.3 Å². The maximum atomic E-state index is 5.29. The smallest absolute Gasteiger partial charge is 0.191 e. The molecule has 1 heterocycles. The summed E-state index contributed by atoms with van der Waals surface area (Å²) in [6.07, 6.45) is 2.91. The quantitative estimate of drug-likeness (QED) is 0.291. The normalized spacial score (nSPS) is 11.3. The number of nitrogens with one attached hydrogen (secondary N) is 2. The SMILES string of the molecule is CCOCCNC(=NC)NCCCn1cnc2ccccc21.I. The molecular formula is C16H26IN5O. The number of aliphatic imine (C=N–C) groups is 1. The van der Waals surface area contributed by atoms with Gasteiger partial charge in [0, 0.05) is 33.3 Å². The van der Waals surface area contributed by atoms with E-state index in [1.165, 1.54) is 5.52 Å². The number of para-hydroxylation sites is 2. The molecule has 0 saturated carbocycles. The fourth-order valence-corrected chi connectivity index (χ4v) is 2.25. The molecule has 0 spiro atoms. The van der Waals surface area contributed by atoms with Crippen molar-refractivity contribution in [2.24, 2.45) is 4.99 Å². The van der Waals surface area contributed by atoms with Crippen LogP contribution in [0.2, 0.25) is 0 Å². The van der Waals surface area contributed by atoms with Crippen LogP contribution in [0.4, 0.5) is 0 Å². The molecule has 0 fully saturated rings. The molecule has 128 valence electrons. The Morgan fingerprint density at radius 2 is 2.04 bits per heavy atom. The largest absolute Gasteiger partial charge is 0.380 e. The number of guanidine groups is 1. The highest BCUT2D eigenvalue weighted by Gasteiger charge is 2.01. The average molecular weight is 431 g/mol. The first kappa shape index (κ1) is 19.7. The summed E-state index contributed by atoms with van der Waals surface area (Å²) in [4.78, 5) is 8.59. The van der Waals surface area contributed by atoms with Gasteiger partial charge in [0.2, 0.25) is 0 Å². The summed E-state index contributed by atoms with van der Waals surface area (Å²) in [6.45, 7) is 5.99. The minimum Gasteiger partial charge on any atom is -0.380 e. The van der Waals surface area contributed by atoms with Crippen LogP contribution in [0.1, 0.15) is 13.3 Å². The van der Waals surface area contributed by atoms with Gasteiger partial charge >= 0.3 is 0 Å². The van der Waals surface area contributed by atoms with Crippen molar-refractivity contribution < 1.29 is 4.74 Å². The van der Waals surface area contributed by atoms with Gasteiger partial charge < -0.3 is 19.9 Å². The Kier molecular flexibility index (Phi) is 9.61. The topological polar surface area (TPSA) is 63.5 Å². The number of ether oxygens (including phenoxy) is 1. The first-order chi connectivity index (χ1) is 10.8. The lowest BCUT2D eigenvalue weighted by atomic mass is 10.3. The Labute approximate surface area is 154 Å². The highest BCUT2D eigenvalue weighted by molar-refractivity contribution is 14.0. The summed E-state index contributed by atoms with van der Waals surface area (Å²) in [6, 6.07) is 8.19. The van der Waals surface area contributed by atoms with Crippen molar-refractivity contribution in [3.63, 3.8) is 0 Å². The second kappa shape index (κ2) is 11.2. The molecule has 0 unspecified atom stereocenters. The number of hydrogen-bond acceptors (Lipinski definition) is 3. The Morgan fingerprint density at radius 1 is 1.26 bits per heavy atom. The van der Waals surface area contributed by atoms with E-state index in [0.717, 1.165) is 44.1 Å². The van der Waals surface area contributed by atoms with E-state index in [1.54, 1.807) is 7.05 Å². The molecule has 2 N–H and O–H groups in total. The van der Waals surface area contributed by atoms with E-state index in [0.29, 0.717) is 6.61 Å². The van der Waals surface area contributed by atoms with E-state index in [2.05, 4.69) is 31.2 Å². The lowest BCUT2D eigenvalue weighted by Gasteiger charge is -2.12. The lowest BCUT2D eigenvalue weighted by Crippen LogP contribution is -2.39. The molecule has 6 nitrogen and oxygen atoms in total. The molecule has 0 radical (unpaired) electrons. The Morgan fingerprint density at radius 3 is 2.83 bits per heavy atom. The number of hydrogen-bond donors (Lipinski definition) is 2. The third-order valence-corrected chi connectivity index (χ3v) is 3.36. The number of aromatic nitrogens is 2. The van der Waals surface area contributed by atoms with Crippen LogP contribution in [0.15, 0.2) is 35.6 Å². The van der Waals surface area contributed by atoms with Crippen molar-refractivity contribution in [3.8, 4) is 0 Å². The molecular weight excluding hydrogens is 405 g/mol. The van der Waals surface area contributed by atoms with E-state index in [4.69, 9.17) is 4.74 Å². The van der Waals surface area contributed by atoms with Gasteiger partial charge in [0.15, 0.2) is 5.96 Å². The fourth-order valence-electron chi connectivity index (χ4n) is 2.25. The van der Waals surface area contributed by atoms with Crippen molar-refractivity contribution in [2.75, 3.05) is 33.4 Å². The Hall–Kier alpha value is -1.35. The van der Waals surface area contributed by atoms with Crippen molar-refractivity contribution in [2.45, 2.75) is 19.9 Å².